The minimum absolute atomic E-state index is 0.00865. The highest BCUT2D eigenvalue weighted by Gasteiger charge is 2.11. The first-order chi connectivity index (χ1) is 9.61. The van der Waals surface area contributed by atoms with Gasteiger partial charge in [-0.1, -0.05) is 24.3 Å². The highest BCUT2D eigenvalue weighted by molar-refractivity contribution is 5.97. The van der Waals surface area contributed by atoms with Crippen LogP contribution in [0.5, 0.6) is 11.5 Å². The number of methoxy groups -OCH3 is 1. The van der Waals surface area contributed by atoms with Gasteiger partial charge in [-0.2, -0.15) is 0 Å². The minimum atomic E-state index is 0.00865. The Labute approximate surface area is 119 Å². The summed E-state index contributed by atoms with van der Waals surface area (Å²) in [5.74, 6) is 1.46. The van der Waals surface area contributed by atoms with Crippen LogP contribution in [0.4, 0.5) is 0 Å². The number of hydrogen-bond acceptors (Lipinski definition) is 3. The van der Waals surface area contributed by atoms with Crippen LogP contribution in [0.3, 0.4) is 0 Å². The average molecular weight is 270 g/mol. The topological polar surface area (TPSA) is 35.5 Å². The second kappa shape index (κ2) is 6.24. The summed E-state index contributed by atoms with van der Waals surface area (Å²) in [6, 6.07) is 13.3. The van der Waals surface area contributed by atoms with Gasteiger partial charge in [-0.15, -0.1) is 0 Å². The zero-order valence-electron chi connectivity index (χ0n) is 12.0. The predicted octanol–water partition coefficient (Wildman–Crippen LogP) is 3.79. The van der Waals surface area contributed by atoms with Gasteiger partial charge in [-0.25, -0.2) is 0 Å². The Morgan fingerprint density at radius 3 is 2.60 bits per heavy atom. The second-order valence-electron chi connectivity index (χ2n) is 4.65. The van der Waals surface area contributed by atoms with Crippen LogP contribution in [0.15, 0.2) is 42.5 Å². The Morgan fingerprint density at radius 2 is 1.90 bits per heavy atom. The molecule has 0 aliphatic rings. The summed E-state index contributed by atoms with van der Waals surface area (Å²) < 4.78 is 11.0. The molecule has 2 aromatic carbocycles. The van der Waals surface area contributed by atoms with Gasteiger partial charge in [0.2, 0.25) is 0 Å². The van der Waals surface area contributed by atoms with Gasteiger partial charge in [0, 0.05) is 0 Å². The first-order valence-corrected chi connectivity index (χ1v) is 6.48. The van der Waals surface area contributed by atoms with E-state index in [1.165, 1.54) is 0 Å². The van der Waals surface area contributed by atoms with Crippen molar-refractivity contribution in [3.8, 4) is 11.5 Å². The van der Waals surface area contributed by atoms with Crippen LogP contribution in [0.1, 0.15) is 28.4 Å². The molecule has 0 unspecified atom stereocenters. The molecule has 0 radical (unpaired) electrons. The molecular weight excluding hydrogens is 252 g/mol. The van der Waals surface area contributed by atoms with Crippen LogP contribution >= 0.6 is 0 Å². The standard InChI is InChI=1S/C17H18O3/c1-12-6-4-9-16(13(2)18)17(12)20-11-14-7-5-8-15(10-14)19-3/h4-10H,11H2,1-3H3. The van der Waals surface area contributed by atoms with Gasteiger partial charge in [0.15, 0.2) is 5.78 Å². The van der Waals surface area contributed by atoms with Crippen molar-refractivity contribution in [3.63, 3.8) is 0 Å². The van der Waals surface area contributed by atoms with Gasteiger partial charge in [0.25, 0.3) is 0 Å². The molecule has 3 heteroatoms. The van der Waals surface area contributed by atoms with Crippen LogP contribution in [0.25, 0.3) is 0 Å². The molecule has 0 aliphatic carbocycles. The molecule has 0 N–H and O–H groups in total. The van der Waals surface area contributed by atoms with Gasteiger partial charge in [-0.05, 0) is 43.2 Å². The summed E-state index contributed by atoms with van der Waals surface area (Å²) in [6.45, 7) is 3.89. The molecule has 0 saturated heterocycles. The van der Waals surface area contributed by atoms with Crippen LogP contribution in [-0.2, 0) is 6.61 Å². The lowest BCUT2D eigenvalue weighted by Gasteiger charge is -2.13. The minimum Gasteiger partial charge on any atom is -0.497 e. The fraction of sp³-hybridized carbons (Fsp3) is 0.235. The van der Waals surface area contributed by atoms with Crippen molar-refractivity contribution in [2.24, 2.45) is 0 Å². The molecule has 2 aromatic rings. The molecule has 20 heavy (non-hydrogen) atoms. The van der Waals surface area contributed by atoms with Gasteiger partial charge in [0.1, 0.15) is 18.1 Å². The Morgan fingerprint density at radius 1 is 1.15 bits per heavy atom. The van der Waals surface area contributed by atoms with E-state index in [4.69, 9.17) is 9.47 Å². The zero-order valence-corrected chi connectivity index (χ0v) is 12.0. The van der Waals surface area contributed by atoms with Gasteiger partial charge >= 0.3 is 0 Å². The Balaban J connectivity index is 2.20. The number of hydrogen-bond donors (Lipinski definition) is 0. The van der Waals surface area contributed by atoms with Crippen molar-refractivity contribution >= 4 is 5.78 Å². The number of para-hydroxylation sites is 1. The second-order valence-corrected chi connectivity index (χ2v) is 4.65. The lowest BCUT2D eigenvalue weighted by atomic mass is 10.1. The van der Waals surface area contributed by atoms with Crippen molar-refractivity contribution in [2.75, 3.05) is 7.11 Å². The van der Waals surface area contributed by atoms with E-state index in [-0.39, 0.29) is 5.78 Å². The summed E-state index contributed by atoms with van der Waals surface area (Å²) in [5.41, 5.74) is 2.58. The molecule has 0 bridgehead atoms. The molecule has 2 rings (SSSR count). The predicted molar refractivity (Wildman–Crippen MR) is 78.5 cm³/mol. The first kappa shape index (κ1) is 14.1. The van der Waals surface area contributed by atoms with E-state index in [1.807, 2.05) is 43.3 Å². The van der Waals surface area contributed by atoms with Crippen molar-refractivity contribution < 1.29 is 14.3 Å². The van der Waals surface area contributed by atoms with Gasteiger partial charge in [0.05, 0.1) is 12.7 Å². The monoisotopic (exact) mass is 270 g/mol. The fourth-order valence-electron chi connectivity index (χ4n) is 2.04. The molecule has 0 amide bonds. The third-order valence-electron chi connectivity index (χ3n) is 3.11. The third kappa shape index (κ3) is 3.18. The molecule has 0 aliphatic heterocycles. The average Bonchev–Trinajstić information content (AvgIpc) is 2.45. The van der Waals surface area contributed by atoms with Crippen LogP contribution in [0.2, 0.25) is 0 Å². The van der Waals surface area contributed by atoms with Crippen molar-refractivity contribution in [2.45, 2.75) is 20.5 Å². The number of benzene rings is 2. The number of carbonyl (C=O) groups is 1. The van der Waals surface area contributed by atoms with Crippen LogP contribution in [0, 0.1) is 6.92 Å². The molecule has 0 aromatic heterocycles. The Hall–Kier alpha value is -2.29. The number of ketones is 1. The highest BCUT2D eigenvalue weighted by Crippen LogP contribution is 2.25. The number of carbonyl (C=O) groups excluding carboxylic acids is 1. The van der Waals surface area contributed by atoms with E-state index in [2.05, 4.69) is 0 Å². The molecule has 3 nitrogen and oxygen atoms in total. The summed E-state index contributed by atoms with van der Waals surface area (Å²) in [4.78, 5) is 11.6. The molecule has 0 spiro atoms. The number of rotatable bonds is 5. The zero-order chi connectivity index (χ0) is 14.5. The van der Waals surface area contributed by atoms with E-state index in [9.17, 15) is 4.79 Å². The fourth-order valence-corrected chi connectivity index (χ4v) is 2.04. The van der Waals surface area contributed by atoms with E-state index in [0.717, 1.165) is 16.9 Å². The highest BCUT2D eigenvalue weighted by atomic mass is 16.5. The largest absolute Gasteiger partial charge is 0.497 e. The first-order valence-electron chi connectivity index (χ1n) is 6.48. The summed E-state index contributed by atoms with van der Waals surface area (Å²) >= 11 is 0. The van der Waals surface area contributed by atoms with E-state index in [1.54, 1.807) is 20.1 Å². The van der Waals surface area contributed by atoms with Crippen LogP contribution < -0.4 is 9.47 Å². The van der Waals surface area contributed by atoms with E-state index < -0.39 is 0 Å². The van der Waals surface area contributed by atoms with Gasteiger partial charge in [-0.3, -0.25) is 4.79 Å². The lowest BCUT2D eigenvalue weighted by molar-refractivity contribution is 0.101. The molecule has 0 atom stereocenters. The SMILES string of the molecule is COc1cccc(COc2c(C)cccc2C(C)=O)c1. The van der Waals surface area contributed by atoms with Crippen LogP contribution in [-0.4, -0.2) is 12.9 Å². The van der Waals surface area contributed by atoms with E-state index in [0.29, 0.717) is 17.9 Å². The molecule has 104 valence electrons. The van der Waals surface area contributed by atoms with Crippen molar-refractivity contribution in [3.05, 3.63) is 59.2 Å². The number of ether oxygens (including phenoxy) is 2. The maximum atomic E-state index is 11.6. The summed E-state index contributed by atoms with van der Waals surface area (Å²) in [6.07, 6.45) is 0. The normalized spacial score (nSPS) is 10.2. The smallest absolute Gasteiger partial charge is 0.163 e. The van der Waals surface area contributed by atoms with Crippen molar-refractivity contribution in [1.29, 1.82) is 0 Å². The molecule has 0 saturated carbocycles. The Bertz CT molecular complexity index is 617. The lowest BCUT2D eigenvalue weighted by Crippen LogP contribution is -2.03. The molecular formula is C17H18O3. The van der Waals surface area contributed by atoms with Crippen molar-refractivity contribution in [1.82, 2.24) is 0 Å². The summed E-state index contributed by atoms with van der Waals surface area (Å²) in [7, 11) is 1.63. The molecule has 0 heterocycles. The maximum Gasteiger partial charge on any atom is 0.163 e. The van der Waals surface area contributed by atoms with E-state index >= 15 is 0 Å². The number of aryl methyl sites for hydroxylation is 1. The maximum absolute atomic E-state index is 11.6. The summed E-state index contributed by atoms with van der Waals surface area (Å²) in [5, 5.41) is 0. The van der Waals surface area contributed by atoms with Gasteiger partial charge < -0.3 is 9.47 Å². The quantitative estimate of drug-likeness (QED) is 0.775. The molecule has 0 fully saturated rings. The number of Topliss-reactive ketones (excluding diaryl/α,β-unsaturated/α-hetero) is 1. The Kier molecular flexibility index (Phi) is 4.41. The third-order valence-corrected chi connectivity index (χ3v) is 3.11.